The number of carbonyl (C=O) groups is 1. The summed E-state index contributed by atoms with van der Waals surface area (Å²) in [4.78, 5) is 12.2. The van der Waals surface area contributed by atoms with Gasteiger partial charge in [-0.1, -0.05) is 24.3 Å². The molecule has 104 valence electrons. The van der Waals surface area contributed by atoms with Crippen LogP contribution in [-0.4, -0.2) is 23.4 Å². The van der Waals surface area contributed by atoms with Gasteiger partial charge in [-0.15, -0.1) is 23.1 Å². The Kier molecular flexibility index (Phi) is 4.10. The van der Waals surface area contributed by atoms with Crippen LogP contribution in [0.3, 0.4) is 0 Å². The predicted molar refractivity (Wildman–Crippen MR) is 80.8 cm³/mol. The Morgan fingerprint density at radius 1 is 1.45 bits per heavy atom. The van der Waals surface area contributed by atoms with Crippen LogP contribution in [0, 0.1) is 0 Å². The van der Waals surface area contributed by atoms with E-state index in [1.54, 1.807) is 17.8 Å². The Morgan fingerprint density at radius 2 is 2.30 bits per heavy atom. The minimum absolute atomic E-state index is 0.0955. The molecule has 1 aromatic heterocycles. The lowest BCUT2D eigenvalue weighted by molar-refractivity contribution is 0.0588. The van der Waals surface area contributed by atoms with Gasteiger partial charge in [-0.25, -0.2) is 4.79 Å². The molecule has 0 aliphatic carbocycles. The fourth-order valence-electron chi connectivity index (χ4n) is 2.29. The van der Waals surface area contributed by atoms with Crippen LogP contribution in [0.15, 0.2) is 40.6 Å². The average Bonchev–Trinajstić information content (AvgIpc) is 2.94. The summed E-state index contributed by atoms with van der Waals surface area (Å²) < 4.78 is 5.85. The highest BCUT2D eigenvalue weighted by Crippen LogP contribution is 2.33. The number of ether oxygens (including phenoxy) is 1. The van der Waals surface area contributed by atoms with E-state index in [-0.39, 0.29) is 6.10 Å². The number of fused-ring (bicyclic) bond motifs is 1. The number of carboxylic acid groups (broad SMARTS) is 1. The number of carboxylic acids is 1. The average molecular weight is 306 g/mol. The van der Waals surface area contributed by atoms with Gasteiger partial charge in [-0.3, -0.25) is 0 Å². The quantitative estimate of drug-likeness (QED) is 0.872. The van der Waals surface area contributed by atoms with Crippen LogP contribution in [0.2, 0.25) is 0 Å². The first-order chi connectivity index (χ1) is 9.74. The zero-order valence-corrected chi connectivity index (χ0v) is 12.4. The number of aromatic carboxylic acids is 1. The molecular weight excluding hydrogens is 292 g/mol. The van der Waals surface area contributed by atoms with Crippen molar-refractivity contribution in [2.45, 2.75) is 17.4 Å². The van der Waals surface area contributed by atoms with E-state index in [1.807, 2.05) is 11.4 Å². The number of thioether (sulfide) groups is 1. The van der Waals surface area contributed by atoms with Crippen molar-refractivity contribution < 1.29 is 14.6 Å². The van der Waals surface area contributed by atoms with Gasteiger partial charge in [0.05, 0.1) is 12.7 Å². The van der Waals surface area contributed by atoms with Crippen molar-refractivity contribution in [3.05, 3.63) is 51.7 Å². The summed E-state index contributed by atoms with van der Waals surface area (Å²) in [5.74, 6) is -0.0478. The third kappa shape index (κ3) is 2.90. The molecule has 0 saturated heterocycles. The third-order valence-electron chi connectivity index (χ3n) is 3.28. The molecule has 0 fully saturated rings. The van der Waals surface area contributed by atoms with E-state index in [1.165, 1.54) is 22.5 Å². The molecule has 0 spiro atoms. The topological polar surface area (TPSA) is 46.5 Å². The first-order valence-corrected chi connectivity index (χ1v) is 8.24. The summed E-state index contributed by atoms with van der Waals surface area (Å²) in [6.45, 7) is 0.756. The van der Waals surface area contributed by atoms with E-state index in [9.17, 15) is 4.79 Å². The van der Waals surface area contributed by atoms with Crippen molar-refractivity contribution in [2.24, 2.45) is 0 Å². The van der Waals surface area contributed by atoms with Crippen molar-refractivity contribution in [1.29, 1.82) is 0 Å². The Balaban J connectivity index is 1.68. The molecule has 3 nitrogen and oxygen atoms in total. The van der Waals surface area contributed by atoms with Crippen molar-refractivity contribution in [3.63, 3.8) is 0 Å². The number of thiophene rings is 1. The van der Waals surface area contributed by atoms with E-state index in [2.05, 4.69) is 18.2 Å². The second-order valence-electron chi connectivity index (χ2n) is 4.57. The van der Waals surface area contributed by atoms with Crippen molar-refractivity contribution >= 4 is 29.1 Å². The molecule has 1 atom stereocenters. The van der Waals surface area contributed by atoms with E-state index < -0.39 is 5.97 Å². The normalized spacial score (nSPS) is 17.7. The summed E-state index contributed by atoms with van der Waals surface area (Å²) in [5.41, 5.74) is 2.63. The molecule has 2 aromatic rings. The Hall–Kier alpha value is -1.30. The first-order valence-electron chi connectivity index (χ1n) is 6.38. The summed E-state index contributed by atoms with van der Waals surface area (Å²) in [6, 6.07) is 10.1. The van der Waals surface area contributed by atoms with Gasteiger partial charge in [0.2, 0.25) is 0 Å². The van der Waals surface area contributed by atoms with Crippen LogP contribution >= 0.6 is 23.1 Å². The van der Waals surface area contributed by atoms with E-state index in [0.29, 0.717) is 4.88 Å². The van der Waals surface area contributed by atoms with Crippen LogP contribution in [0.5, 0.6) is 0 Å². The second-order valence-corrected chi connectivity index (χ2v) is 6.58. The maximum Gasteiger partial charge on any atom is 0.345 e. The van der Waals surface area contributed by atoms with Gasteiger partial charge in [0.25, 0.3) is 0 Å². The van der Waals surface area contributed by atoms with Gasteiger partial charge < -0.3 is 9.84 Å². The van der Waals surface area contributed by atoms with E-state index >= 15 is 0 Å². The summed E-state index contributed by atoms with van der Waals surface area (Å²) in [6.07, 6.45) is 1.07. The minimum atomic E-state index is -0.860. The Morgan fingerprint density at radius 3 is 3.10 bits per heavy atom. The molecule has 1 N–H and O–H groups in total. The minimum Gasteiger partial charge on any atom is -0.477 e. The molecule has 1 aliphatic rings. The van der Waals surface area contributed by atoms with Gasteiger partial charge in [0, 0.05) is 16.0 Å². The standard InChI is InChI=1S/C15H14O3S2/c16-15(17)14-7-11(8-20-14)19-9-13-12-4-2-1-3-10(12)5-6-18-13/h1-4,7-8,13H,5-6,9H2,(H,16,17). The van der Waals surface area contributed by atoms with Crippen molar-refractivity contribution in [2.75, 3.05) is 12.4 Å². The van der Waals surface area contributed by atoms with Crippen molar-refractivity contribution in [1.82, 2.24) is 0 Å². The Labute approximate surface area is 125 Å². The van der Waals surface area contributed by atoms with Crippen LogP contribution in [0.4, 0.5) is 0 Å². The predicted octanol–water partition coefficient (Wildman–Crippen LogP) is 3.85. The molecule has 0 radical (unpaired) electrons. The third-order valence-corrected chi connectivity index (χ3v) is 5.39. The molecule has 2 heterocycles. The zero-order chi connectivity index (χ0) is 13.9. The lowest BCUT2D eigenvalue weighted by Crippen LogP contribution is -2.17. The van der Waals surface area contributed by atoms with Crippen molar-refractivity contribution in [3.8, 4) is 0 Å². The van der Waals surface area contributed by atoms with Gasteiger partial charge in [0.15, 0.2) is 0 Å². The van der Waals surface area contributed by atoms with E-state index in [0.717, 1.165) is 23.7 Å². The van der Waals surface area contributed by atoms with Gasteiger partial charge in [0.1, 0.15) is 4.88 Å². The summed E-state index contributed by atoms with van der Waals surface area (Å²) >= 11 is 2.92. The number of hydrogen-bond acceptors (Lipinski definition) is 4. The molecule has 1 unspecified atom stereocenters. The molecule has 0 bridgehead atoms. The zero-order valence-electron chi connectivity index (χ0n) is 10.7. The largest absolute Gasteiger partial charge is 0.477 e. The Bertz CT molecular complexity index is 621. The maximum atomic E-state index is 10.9. The fourth-order valence-corrected chi connectivity index (χ4v) is 4.21. The summed E-state index contributed by atoms with van der Waals surface area (Å²) in [5, 5.41) is 10.8. The highest BCUT2D eigenvalue weighted by molar-refractivity contribution is 7.99. The van der Waals surface area contributed by atoms with Gasteiger partial charge in [-0.2, -0.15) is 0 Å². The van der Waals surface area contributed by atoms with Crippen LogP contribution in [-0.2, 0) is 11.2 Å². The number of hydrogen-bond donors (Lipinski definition) is 1. The second kappa shape index (κ2) is 5.99. The number of rotatable bonds is 4. The molecule has 0 saturated carbocycles. The molecule has 3 rings (SSSR count). The smallest absolute Gasteiger partial charge is 0.345 e. The number of benzene rings is 1. The lowest BCUT2D eigenvalue weighted by Gasteiger charge is -2.25. The van der Waals surface area contributed by atoms with Crippen LogP contribution in [0.1, 0.15) is 26.9 Å². The highest BCUT2D eigenvalue weighted by Gasteiger charge is 2.20. The highest BCUT2D eigenvalue weighted by atomic mass is 32.2. The van der Waals surface area contributed by atoms with Gasteiger partial charge >= 0.3 is 5.97 Å². The first kappa shape index (κ1) is 13.7. The molecule has 1 aromatic carbocycles. The monoisotopic (exact) mass is 306 g/mol. The van der Waals surface area contributed by atoms with Gasteiger partial charge in [-0.05, 0) is 23.6 Å². The van der Waals surface area contributed by atoms with E-state index in [4.69, 9.17) is 9.84 Å². The van der Waals surface area contributed by atoms with Crippen LogP contribution in [0.25, 0.3) is 0 Å². The maximum absolute atomic E-state index is 10.9. The molecule has 0 amide bonds. The molecule has 20 heavy (non-hydrogen) atoms. The lowest BCUT2D eigenvalue weighted by atomic mass is 9.99. The molecule has 5 heteroatoms. The van der Waals surface area contributed by atoms with Crippen LogP contribution < -0.4 is 0 Å². The summed E-state index contributed by atoms with van der Waals surface area (Å²) in [7, 11) is 0. The molecular formula is C15H14O3S2. The molecule has 1 aliphatic heterocycles. The fraction of sp³-hybridized carbons (Fsp3) is 0.267. The SMILES string of the molecule is O=C(O)c1cc(SCC2OCCc3ccccc32)cs1.